The van der Waals surface area contributed by atoms with Crippen LogP contribution in [-0.2, 0) is 4.74 Å². The number of ether oxygens (including phenoxy) is 1. The molecule has 11 heteroatoms. The molecule has 0 aliphatic carbocycles. The molecule has 10 nitrogen and oxygen atoms in total. The number of fused-ring (bicyclic) bond motifs is 1. The molecule has 7 N–H and O–H groups in total. The number of aromatic nitrogens is 4. The lowest BCUT2D eigenvalue weighted by atomic mass is 10.1. The van der Waals surface area contributed by atoms with Crippen LogP contribution in [0.25, 0.3) is 11.2 Å². The van der Waals surface area contributed by atoms with Gasteiger partial charge in [-0.2, -0.15) is 4.98 Å². The Hall–Kier alpha value is -1.50. The second-order valence-corrected chi connectivity index (χ2v) is 4.88. The van der Waals surface area contributed by atoms with Crippen molar-refractivity contribution in [3.05, 3.63) is 6.33 Å². The smallest absolute Gasteiger partial charge is 0.223 e. The van der Waals surface area contributed by atoms with Crippen molar-refractivity contribution in [1.29, 1.82) is 0 Å². The standard InChI is InChI=1S/C10H13N5O4S.H2O/c11-10-13-7-4(8(20)14-10)12-2-15(7)9-6(18)5(17)3(1-16)19-9;/h2-3,5-6,9,16-18H,1H2,(H3,11,13,14,20);1H2/t3-,5-,6-,9?;/m1./s1. The van der Waals surface area contributed by atoms with E-state index in [1.54, 1.807) is 0 Å². The predicted octanol–water partition coefficient (Wildman–Crippen LogP) is -2.52. The first-order valence-corrected chi connectivity index (χ1v) is 6.29. The van der Waals surface area contributed by atoms with E-state index in [9.17, 15) is 10.2 Å². The van der Waals surface area contributed by atoms with E-state index < -0.39 is 31.1 Å². The molecule has 0 radical (unpaired) electrons. The highest BCUT2D eigenvalue weighted by atomic mass is 32.1. The summed E-state index contributed by atoms with van der Waals surface area (Å²) in [5.41, 5.74) is 6.30. The third-order valence-corrected chi connectivity index (χ3v) is 3.52. The van der Waals surface area contributed by atoms with Gasteiger partial charge in [-0.3, -0.25) is 4.57 Å². The number of anilines is 1. The first-order chi connectivity index (χ1) is 9.52. The van der Waals surface area contributed by atoms with Gasteiger partial charge >= 0.3 is 0 Å². The lowest BCUT2D eigenvalue weighted by Gasteiger charge is -2.16. The molecule has 1 saturated heterocycles. The highest BCUT2D eigenvalue weighted by molar-refractivity contribution is 7.80. The molecular formula is C10H15N5O5S. The normalized spacial score (nSPS) is 28.8. The van der Waals surface area contributed by atoms with Crippen molar-refractivity contribution in [2.45, 2.75) is 29.6 Å². The Labute approximate surface area is 123 Å². The summed E-state index contributed by atoms with van der Waals surface area (Å²) in [4.78, 5) is 12.0. The fraction of sp³-hybridized carbons (Fsp3) is 0.500. The molecule has 4 atom stereocenters. The Morgan fingerprint density at radius 3 is 2.67 bits per heavy atom. The molecule has 3 rings (SSSR count). The molecule has 0 saturated carbocycles. The molecule has 0 bridgehead atoms. The van der Waals surface area contributed by atoms with Crippen molar-refractivity contribution in [2.24, 2.45) is 0 Å². The fourth-order valence-corrected chi connectivity index (χ4v) is 2.47. The molecule has 3 heterocycles. The maximum atomic E-state index is 10.0. The number of nitrogens with two attached hydrogens (primary N) is 1. The van der Waals surface area contributed by atoms with Crippen LogP contribution in [0.3, 0.4) is 0 Å². The topological polar surface area (TPSA) is 171 Å². The number of nitrogen functional groups attached to an aromatic ring is 1. The number of imidazole rings is 1. The maximum Gasteiger partial charge on any atom is 0.223 e. The van der Waals surface area contributed by atoms with Gasteiger partial charge in [0.15, 0.2) is 11.9 Å². The van der Waals surface area contributed by atoms with E-state index in [4.69, 9.17) is 15.6 Å². The van der Waals surface area contributed by atoms with Crippen LogP contribution in [0.5, 0.6) is 0 Å². The van der Waals surface area contributed by atoms with Crippen LogP contribution >= 0.6 is 12.6 Å². The number of aliphatic hydroxyl groups excluding tert-OH is 3. The van der Waals surface area contributed by atoms with Crippen molar-refractivity contribution in [2.75, 3.05) is 12.3 Å². The summed E-state index contributed by atoms with van der Waals surface area (Å²) in [7, 11) is 0. The van der Waals surface area contributed by atoms with Gasteiger partial charge in [-0.05, 0) is 0 Å². The zero-order valence-corrected chi connectivity index (χ0v) is 11.6. The van der Waals surface area contributed by atoms with E-state index in [0.717, 1.165) is 0 Å². The number of nitrogens with zero attached hydrogens (tertiary/aromatic N) is 4. The average molecular weight is 317 g/mol. The van der Waals surface area contributed by atoms with E-state index in [1.807, 2.05) is 0 Å². The Kier molecular flexibility index (Phi) is 4.32. The van der Waals surface area contributed by atoms with Gasteiger partial charge in [0.25, 0.3) is 0 Å². The molecular weight excluding hydrogens is 302 g/mol. The lowest BCUT2D eigenvalue weighted by Crippen LogP contribution is -2.33. The van der Waals surface area contributed by atoms with Gasteiger partial charge in [-0.15, -0.1) is 12.6 Å². The van der Waals surface area contributed by atoms with Crippen LogP contribution in [0.2, 0.25) is 0 Å². The van der Waals surface area contributed by atoms with Crippen LogP contribution in [0.1, 0.15) is 6.23 Å². The third kappa shape index (κ3) is 2.43. The van der Waals surface area contributed by atoms with Crippen molar-refractivity contribution in [1.82, 2.24) is 19.5 Å². The summed E-state index contributed by atoms with van der Waals surface area (Å²) in [6.07, 6.45) is -2.82. The van der Waals surface area contributed by atoms with Gasteiger partial charge in [0, 0.05) is 0 Å². The minimum Gasteiger partial charge on any atom is -0.412 e. The number of rotatable bonds is 2. The molecule has 116 valence electrons. The average Bonchev–Trinajstić information content (AvgIpc) is 2.93. The van der Waals surface area contributed by atoms with Gasteiger partial charge in [0.05, 0.1) is 12.9 Å². The Morgan fingerprint density at radius 2 is 2.05 bits per heavy atom. The van der Waals surface area contributed by atoms with Gasteiger partial charge < -0.3 is 31.3 Å². The molecule has 1 aliphatic rings. The summed E-state index contributed by atoms with van der Waals surface area (Å²) in [5, 5.41) is 29.2. The minimum atomic E-state index is -1.22. The Balaban J connectivity index is 0.00000161. The Bertz CT molecular complexity index is 652. The highest BCUT2D eigenvalue weighted by Gasteiger charge is 2.44. The molecule has 2 aromatic rings. The van der Waals surface area contributed by atoms with Crippen LogP contribution in [0, 0.1) is 0 Å². The summed E-state index contributed by atoms with van der Waals surface area (Å²) < 4.78 is 6.84. The van der Waals surface area contributed by atoms with Gasteiger partial charge in [-0.1, -0.05) is 0 Å². The van der Waals surface area contributed by atoms with E-state index in [2.05, 4.69) is 27.6 Å². The van der Waals surface area contributed by atoms with Crippen LogP contribution in [-0.4, -0.2) is 65.2 Å². The van der Waals surface area contributed by atoms with Crippen molar-refractivity contribution in [3.63, 3.8) is 0 Å². The van der Waals surface area contributed by atoms with Crippen LogP contribution in [0.4, 0.5) is 5.95 Å². The van der Waals surface area contributed by atoms with Crippen molar-refractivity contribution >= 4 is 29.7 Å². The largest absolute Gasteiger partial charge is 0.412 e. The number of thiol groups is 1. The number of aliphatic hydroxyl groups is 3. The second-order valence-electron chi connectivity index (χ2n) is 4.46. The summed E-state index contributed by atoms with van der Waals surface area (Å²) in [6, 6.07) is 0. The quantitative estimate of drug-likeness (QED) is 0.298. The van der Waals surface area contributed by atoms with Crippen LogP contribution in [0.15, 0.2) is 11.4 Å². The fourth-order valence-electron chi connectivity index (χ4n) is 2.21. The lowest BCUT2D eigenvalue weighted by molar-refractivity contribution is -0.0511. The van der Waals surface area contributed by atoms with E-state index in [-0.39, 0.29) is 11.4 Å². The SMILES string of the molecule is Nc1nc(S)c2ncn(C3O[C@H](CO)[C@@H](O)[C@H]3O)c2n1.O. The third-order valence-electron chi connectivity index (χ3n) is 3.21. The minimum absolute atomic E-state index is 0. The molecule has 21 heavy (non-hydrogen) atoms. The molecule has 2 aromatic heterocycles. The molecule has 1 aliphatic heterocycles. The van der Waals surface area contributed by atoms with E-state index in [0.29, 0.717) is 16.2 Å². The van der Waals surface area contributed by atoms with Crippen LogP contribution < -0.4 is 5.73 Å². The van der Waals surface area contributed by atoms with E-state index in [1.165, 1.54) is 10.9 Å². The molecule has 0 amide bonds. The summed E-state index contributed by atoms with van der Waals surface area (Å²) in [6.45, 7) is -0.406. The molecule has 1 unspecified atom stereocenters. The van der Waals surface area contributed by atoms with E-state index >= 15 is 0 Å². The molecule has 1 fully saturated rings. The maximum absolute atomic E-state index is 10.0. The number of hydrogen-bond donors (Lipinski definition) is 5. The first-order valence-electron chi connectivity index (χ1n) is 5.84. The highest BCUT2D eigenvalue weighted by Crippen LogP contribution is 2.32. The van der Waals surface area contributed by atoms with Gasteiger partial charge in [0.2, 0.25) is 5.95 Å². The van der Waals surface area contributed by atoms with Gasteiger partial charge in [0.1, 0.15) is 28.9 Å². The van der Waals surface area contributed by atoms with Crippen molar-refractivity contribution < 1.29 is 25.5 Å². The number of hydrogen-bond acceptors (Lipinski definition) is 9. The Morgan fingerprint density at radius 1 is 1.33 bits per heavy atom. The monoisotopic (exact) mass is 317 g/mol. The van der Waals surface area contributed by atoms with Gasteiger partial charge in [-0.25, -0.2) is 9.97 Å². The zero-order valence-electron chi connectivity index (χ0n) is 10.7. The molecule has 0 spiro atoms. The first kappa shape index (κ1) is 15.9. The predicted molar refractivity (Wildman–Crippen MR) is 73.6 cm³/mol. The summed E-state index contributed by atoms with van der Waals surface area (Å²) in [5.74, 6) is 0.0102. The summed E-state index contributed by atoms with van der Waals surface area (Å²) >= 11 is 4.15. The zero-order chi connectivity index (χ0) is 14.4. The van der Waals surface area contributed by atoms with Crippen molar-refractivity contribution in [3.8, 4) is 0 Å². The molecule has 0 aromatic carbocycles. The second kappa shape index (κ2) is 5.71.